The molecule has 1 atom stereocenters. The highest BCUT2D eigenvalue weighted by atomic mass is 35.5. The normalized spacial score (nSPS) is 12.1. The van der Waals surface area contributed by atoms with Gasteiger partial charge in [-0.05, 0) is 49.6 Å². The van der Waals surface area contributed by atoms with E-state index in [1.807, 2.05) is 26.0 Å². The summed E-state index contributed by atoms with van der Waals surface area (Å²) < 4.78 is 5.40. The molecule has 0 bridgehead atoms. The number of fused-ring (bicyclic) bond motifs is 1. The van der Waals surface area contributed by atoms with Crippen LogP contribution in [0.2, 0.25) is 5.28 Å². The predicted molar refractivity (Wildman–Crippen MR) is 108 cm³/mol. The zero-order valence-electron chi connectivity index (χ0n) is 16.1. The number of aliphatic hydroxyl groups is 1. The summed E-state index contributed by atoms with van der Waals surface area (Å²) in [6, 6.07) is 3.23. The van der Waals surface area contributed by atoms with Gasteiger partial charge in [0.05, 0.1) is 6.04 Å². The molecule has 0 radical (unpaired) electrons. The number of H-pyrrole nitrogens is 1. The summed E-state index contributed by atoms with van der Waals surface area (Å²) in [6.07, 6.45) is 2.13. The second-order valence-corrected chi connectivity index (χ2v) is 6.62. The van der Waals surface area contributed by atoms with Gasteiger partial charge >= 0.3 is 0 Å². The number of carbonyl (C=O) groups excluding carboxylic acids is 1. The van der Waals surface area contributed by atoms with Gasteiger partial charge in [0.1, 0.15) is 29.2 Å². The minimum Gasteiger partial charge on any atom is -0.387 e. The van der Waals surface area contributed by atoms with Crippen molar-refractivity contribution < 1.29 is 14.6 Å². The van der Waals surface area contributed by atoms with Crippen LogP contribution in [0.4, 0.5) is 11.6 Å². The van der Waals surface area contributed by atoms with Crippen LogP contribution in [0.1, 0.15) is 30.6 Å². The topological polar surface area (TPSA) is 138 Å². The molecule has 10 nitrogen and oxygen atoms in total. The number of hydrogen-bond donors (Lipinski definition) is 4. The number of aliphatic hydroxyl groups excluding tert-OH is 1. The van der Waals surface area contributed by atoms with Crippen molar-refractivity contribution in [1.29, 1.82) is 0 Å². The molecule has 154 valence electrons. The largest absolute Gasteiger partial charge is 0.387 e. The lowest BCUT2D eigenvalue weighted by Gasteiger charge is -2.16. The van der Waals surface area contributed by atoms with Crippen molar-refractivity contribution in [2.24, 2.45) is 0 Å². The van der Waals surface area contributed by atoms with E-state index in [4.69, 9.17) is 21.4 Å². The van der Waals surface area contributed by atoms with Crippen LogP contribution in [0.25, 0.3) is 11.0 Å². The van der Waals surface area contributed by atoms with Gasteiger partial charge in [0.25, 0.3) is 0 Å². The molecule has 0 aliphatic rings. The first kappa shape index (κ1) is 20.9. The van der Waals surface area contributed by atoms with E-state index >= 15 is 0 Å². The number of pyridine rings is 1. The number of anilines is 2. The Balaban J connectivity index is 1.97. The van der Waals surface area contributed by atoms with Gasteiger partial charge in [-0.25, -0.2) is 9.97 Å². The standard InChI is InChI=1S/C18H22ClN7O3/c1-3-29-7-5-11(21-13(28)9-27)14-15-16(26-25-14)17(24-18(19)23-15)22-12-8-10(2)4-6-20-12/h4,6,8,11,27H,3,5,7,9H2,1-2H3,(H,21,28)(H,25,26)(H,20,22,23,24). The number of ether oxygens (including phenoxy) is 1. The smallest absolute Gasteiger partial charge is 0.246 e. The van der Waals surface area contributed by atoms with Crippen molar-refractivity contribution in [1.82, 2.24) is 30.5 Å². The molecule has 0 saturated heterocycles. The molecule has 0 aliphatic heterocycles. The first-order valence-electron chi connectivity index (χ1n) is 9.11. The SMILES string of the molecule is CCOCCC(NC(=O)CO)c1n[nH]c2c(Nc3cc(C)ccn3)nc(Cl)nc12. The van der Waals surface area contributed by atoms with Crippen LogP contribution >= 0.6 is 11.6 Å². The lowest BCUT2D eigenvalue weighted by Crippen LogP contribution is -2.32. The van der Waals surface area contributed by atoms with Crippen LogP contribution < -0.4 is 10.6 Å². The fraction of sp³-hybridized carbons (Fsp3) is 0.389. The Hall–Kier alpha value is -2.82. The lowest BCUT2D eigenvalue weighted by atomic mass is 10.1. The van der Waals surface area contributed by atoms with E-state index in [-0.39, 0.29) is 5.28 Å². The predicted octanol–water partition coefficient (Wildman–Crippen LogP) is 2.03. The highest BCUT2D eigenvalue weighted by Gasteiger charge is 2.23. The van der Waals surface area contributed by atoms with E-state index < -0.39 is 18.6 Å². The second-order valence-electron chi connectivity index (χ2n) is 6.28. The Bertz CT molecular complexity index is 995. The molecule has 29 heavy (non-hydrogen) atoms. The number of halogens is 1. The molecular weight excluding hydrogens is 398 g/mol. The Kier molecular flexibility index (Phi) is 6.91. The van der Waals surface area contributed by atoms with Crippen LogP contribution in [0.5, 0.6) is 0 Å². The number of aromatic nitrogens is 5. The third-order valence-electron chi connectivity index (χ3n) is 4.14. The van der Waals surface area contributed by atoms with Crippen molar-refractivity contribution in [2.75, 3.05) is 25.1 Å². The van der Waals surface area contributed by atoms with Crippen molar-refractivity contribution in [3.63, 3.8) is 0 Å². The average Bonchev–Trinajstić information content (AvgIpc) is 3.11. The molecular formula is C18H22ClN7O3. The number of nitrogens with zero attached hydrogens (tertiary/aromatic N) is 4. The number of aryl methyl sites for hydroxylation is 1. The number of carbonyl (C=O) groups is 1. The molecule has 1 amide bonds. The average molecular weight is 420 g/mol. The van der Waals surface area contributed by atoms with Gasteiger partial charge in [0.2, 0.25) is 11.2 Å². The molecule has 1 unspecified atom stereocenters. The zero-order chi connectivity index (χ0) is 20.8. The monoisotopic (exact) mass is 419 g/mol. The van der Waals surface area contributed by atoms with Crippen LogP contribution in [-0.2, 0) is 9.53 Å². The van der Waals surface area contributed by atoms with Crippen molar-refractivity contribution in [3.05, 3.63) is 34.9 Å². The third-order valence-corrected chi connectivity index (χ3v) is 4.31. The van der Waals surface area contributed by atoms with Gasteiger partial charge < -0.3 is 20.5 Å². The molecule has 0 aliphatic carbocycles. The third kappa shape index (κ3) is 5.17. The maximum Gasteiger partial charge on any atom is 0.246 e. The van der Waals surface area contributed by atoms with Gasteiger partial charge in [-0.15, -0.1) is 0 Å². The molecule has 11 heteroatoms. The van der Waals surface area contributed by atoms with Gasteiger partial charge in [-0.3, -0.25) is 9.89 Å². The summed E-state index contributed by atoms with van der Waals surface area (Å²) in [5.74, 6) is 0.484. The van der Waals surface area contributed by atoms with Crippen molar-refractivity contribution in [2.45, 2.75) is 26.3 Å². The number of rotatable bonds is 9. The number of aromatic amines is 1. The van der Waals surface area contributed by atoms with E-state index in [0.717, 1.165) is 5.56 Å². The zero-order valence-corrected chi connectivity index (χ0v) is 16.8. The maximum atomic E-state index is 11.8. The Labute approximate surface area is 172 Å². The highest BCUT2D eigenvalue weighted by molar-refractivity contribution is 6.28. The van der Waals surface area contributed by atoms with E-state index in [1.165, 1.54) is 0 Å². The van der Waals surface area contributed by atoms with Crippen molar-refractivity contribution in [3.8, 4) is 0 Å². The summed E-state index contributed by atoms with van der Waals surface area (Å²) in [4.78, 5) is 24.6. The van der Waals surface area contributed by atoms with Gasteiger partial charge in [0, 0.05) is 19.4 Å². The molecule has 0 aromatic carbocycles. The number of hydrogen-bond acceptors (Lipinski definition) is 8. The molecule has 3 rings (SSSR count). The van der Waals surface area contributed by atoms with E-state index in [9.17, 15) is 4.79 Å². The quantitative estimate of drug-likeness (QED) is 0.305. The fourth-order valence-corrected chi connectivity index (χ4v) is 2.98. The fourth-order valence-electron chi connectivity index (χ4n) is 2.82. The van der Waals surface area contributed by atoms with Gasteiger partial charge in [-0.2, -0.15) is 10.1 Å². The minimum absolute atomic E-state index is 0.0207. The van der Waals surface area contributed by atoms with Crippen LogP contribution in [0.3, 0.4) is 0 Å². The van der Waals surface area contributed by atoms with Gasteiger partial charge in [-0.1, -0.05) is 0 Å². The summed E-state index contributed by atoms with van der Waals surface area (Å²) in [5.41, 5.74) is 2.49. The van der Waals surface area contributed by atoms with E-state index in [1.54, 1.807) is 6.20 Å². The first-order chi connectivity index (χ1) is 14.0. The molecule has 0 saturated carbocycles. The summed E-state index contributed by atoms with van der Waals surface area (Å²) >= 11 is 6.14. The Morgan fingerprint density at radius 2 is 2.24 bits per heavy atom. The molecule has 0 spiro atoms. The number of amides is 1. The van der Waals surface area contributed by atoms with Crippen LogP contribution in [0.15, 0.2) is 18.3 Å². The van der Waals surface area contributed by atoms with E-state index in [2.05, 4.69) is 35.8 Å². The summed E-state index contributed by atoms with van der Waals surface area (Å²) in [6.45, 7) is 4.16. The lowest BCUT2D eigenvalue weighted by molar-refractivity contribution is -0.124. The second kappa shape index (κ2) is 9.59. The molecule has 3 aromatic heterocycles. The van der Waals surface area contributed by atoms with Gasteiger partial charge in [0.15, 0.2) is 5.82 Å². The van der Waals surface area contributed by atoms with E-state index in [0.29, 0.717) is 48.0 Å². The maximum absolute atomic E-state index is 11.8. The molecule has 0 fully saturated rings. The Morgan fingerprint density at radius 3 is 2.97 bits per heavy atom. The summed E-state index contributed by atoms with van der Waals surface area (Å²) in [7, 11) is 0. The first-order valence-corrected chi connectivity index (χ1v) is 9.48. The number of nitrogens with one attached hydrogen (secondary N) is 3. The molecule has 4 N–H and O–H groups in total. The van der Waals surface area contributed by atoms with Crippen LogP contribution in [-0.4, -0.2) is 56.0 Å². The van der Waals surface area contributed by atoms with Crippen LogP contribution in [0, 0.1) is 6.92 Å². The highest BCUT2D eigenvalue weighted by Crippen LogP contribution is 2.29. The molecule has 3 heterocycles. The summed E-state index contributed by atoms with van der Waals surface area (Å²) in [5, 5.41) is 22.2. The Morgan fingerprint density at radius 1 is 1.41 bits per heavy atom. The molecule has 3 aromatic rings. The van der Waals surface area contributed by atoms with Crippen molar-refractivity contribution >= 4 is 40.2 Å². The minimum atomic E-state index is -0.630.